The van der Waals surface area contributed by atoms with Gasteiger partial charge in [0.15, 0.2) is 0 Å². The molecule has 0 aromatic heterocycles. The van der Waals surface area contributed by atoms with Gasteiger partial charge < -0.3 is 10.6 Å². The van der Waals surface area contributed by atoms with Crippen LogP contribution in [-0.4, -0.2) is 44.6 Å². The normalized spacial score (nSPS) is 19.5. The zero-order chi connectivity index (χ0) is 15.6. The SMILES string of the molecule is CS(=O)(=O)NC1CCCN(C(=O)c2ccc(Cl)cc2N)C1. The molecule has 1 amide bonds. The number of rotatable bonds is 3. The Morgan fingerprint density at radius 3 is 2.81 bits per heavy atom. The average molecular weight is 332 g/mol. The molecule has 1 atom stereocenters. The second-order valence-electron chi connectivity index (χ2n) is 5.21. The van der Waals surface area contributed by atoms with Gasteiger partial charge in [-0.05, 0) is 31.0 Å². The molecule has 1 heterocycles. The van der Waals surface area contributed by atoms with Crippen LogP contribution in [-0.2, 0) is 10.0 Å². The number of hydrogen-bond donors (Lipinski definition) is 2. The van der Waals surface area contributed by atoms with Crippen molar-refractivity contribution in [3.8, 4) is 0 Å². The molecule has 21 heavy (non-hydrogen) atoms. The summed E-state index contributed by atoms with van der Waals surface area (Å²) in [7, 11) is -3.28. The molecular weight excluding hydrogens is 314 g/mol. The van der Waals surface area contributed by atoms with Crippen LogP contribution in [0.25, 0.3) is 0 Å². The maximum Gasteiger partial charge on any atom is 0.255 e. The summed E-state index contributed by atoms with van der Waals surface area (Å²) in [4.78, 5) is 14.1. The number of likely N-dealkylation sites (tertiary alicyclic amines) is 1. The van der Waals surface area contributed by atoms with E-state index < -0.39 is 10.0 Å². The highest BCUT2D eigenvalue weighted by molar-refractivity contribution is 7.88. The number of carbonyl (C=O) groups excluding carboxylic acids is 1. The lowest BCUT2D eigenvalue weighted by Gasteiger charge is -2.33. The van der Waals surface area contributed by atoms with Crippen molar-refractivity contribution in [3.63, 3.8) is 0 Å². The van der Waals surface area contributed by atoms with Gasteiger partial charge in [0.05, 0.1) is 11.8 Å². The second-order valence-corrected chi connectivity index (χ2v) is 7.43. The molecule has 8 heteroatoms. The van der Waals surface area contributed by atoms with E-state index in [0.29, 0.717) is 35.8 Å². The van der Waals surface area contributed by atoms with Gasteiger partial charge in [-0.2, -0.15) is 0 Å². The molecule has 1 aliphatic heterocycles. The third-order valence-electron chi connectivity index (χ3n) is 3.33. The Kier molecular flexibility index (Phi) is 4.75. The molecule has 1 aliphatic rings. The Bertz CT molecular complexity index is 648. The van der Waals surface area contributed by atoms with Crippen molar-refractivity contribution in [1.29, 1.82) is 0 Å². The first-order valence-corrected chi connectivity index (χ1v) is 8.85. The Balaban J connectivity index is 2.12. The van der Waals surface area contributed by atoms with Crippen LogP contribution in [0.5, 0.6) is 0 Å². The van der Waals surface area contributed by atoms with Gasteiger partial charge in [-0.3, -0.25) is 4.79 Å². The van der Waals surface area contributed by atoms with E-state index >= 15 is 0 Å². The highest BCUT2D eigenvalue weighted by atomic mass is 35.5. The van der Waals surface area contributed by atoms with E-state index in [1.54, 1.807) is 17.0 Å². The number of piperidine rings is 1. The minimum atomic E-state index is -3.28. The standard InChI is InChI=1S/C13H18ClN3O3S/c1-21(19,20)16-10-3-2-6-17(8-10)13(18)11-5-4-9(14)7-12(11)15/h4-5,7,10,16H,2-3,6,8,15H2,1H3. The number of hydrogen-bond acceptors (Lipinski definition) is 4. The molecule has 1 aromatic carbocycles. The molecule has 0 aliphatic carbocycles. The van der Waals surface area contributed by atoms with Gasteiger partial charge in [0.25, 0.3) is 5.91 Å². The van der Waals surface area contributed by atoms with Crippen LogP contribution >= 0.6 is 11.6 Å². The first kappa shape index (κ1) is 16.1. The predicted octanol–water partition coefficient (Wildman–Crippen LogP) is 1.08. The summed E-state index contributed by atoms with van der Waals surface area (Å²) in [6, 6.07) is 4.48. The molecule has 0 spiro atoms. The van der Waals surface area contributed by atoms with Gasteiger partial charge in [-0.25, -0.2) is 13.1 Å². The summed E-state index contributed by atoms with van der Waals surface area (Å²) in [5, 5.41) is 0.472. The molecule has 1 unspecified atom stereocenters. The van der Waals surface area contributed by atoms with E-state index in [1.807, 2.05) is 0 Å². The summed E-state index contributed by atoms with van der Waals surface area (Å²) in [5.41, 5.74) is 6.53. The quantitative estimate of drug-likeness (QED) is 0.810. The number of benzene rings is 1. The van der Waals surface area contributed by atoms with Crippen molar-refractivity contribution in [2.24, 2.45) is 0 Å². The Morgan fingerprint density at radius 2 is 2.19 bits per heavy atom. The van der Waals surface area contributed by atoms with Gasteiger partial charge in [0.2, 0.25) is 10.0 Å². The summed E-state index contributed by atoms with van der Waals surface area (Å²) >= 11 is 5.82. The number of nitrogen functional groups attached to an aromatic ring is 1. The molecule has 6 nitrogen and oxygen atoms in total. The first-order valence-electron chi connectivity index (χ1n) is 6.58. The predicted molar refractivity (Wildman–Crippen MR) is 82.8 cm³/mol. The number of carbonyl (C=O) groups is 1. The van der Waals surface area contributed by atoms with E-state index in [0.717, 1.165) is 12.7 Å². The molecule has 0 saturated carbocycles. The minimum Gasteiger partial charge on any atom is -0.398 e. The number of nitrogens with two attached hydrogens (primary N) is 1. The van der Waals surface area contributed by atoms with Crippen molar-refractivity contribution >= 4 is 33.2 Å². The van der Waals surface area contributed by atoms with Crippen LogP contribution in [0.4, 0.5) is 5.69 Å². The fourth-order valence-electron chi connectivity index (χ4n) is 2.46. The minimum absolute atomic E-state index is 0.204. The fourth-order valence-corrected chi connectivity index (χ4v) is 3.44. The second kappa shape index (κ2) is 6.21. The van der Waals surface area contributed by atoms with Crippen molar-refractivity contribution in [2.45, 2.75) is 18.9 Å². The van der Waals surface area contributed by atoms with Crippen LogP contribution < -0.4 is 10.5 Å². The summed E-state index contributed by atoms with van der Waals surface area (Å²) in [6.45, 7) is 0.927. The molecule has 1 saturated heterocycles. The van der Waals surface area contributed by atoms with E-state index in [4.69, 9.17) is 17.3 Å². The van der Waals surface area contributed by atoms with Crippen molar-refractivity contribution in [3.05, 3.63) is 28.8 Å². The maximum absolute atomic E-state index is 12.5. The molecule has 2 rings (SSSR count). The van der Waals surface area contributed by atoms with Gasteiger partial charge >= 0.3 is 0 Å². The highest BCUT2D eigenvalue weighted by Gasteiger charge is 2.27. The topological polar surface area (TPSA) is 92.5 Å². The number of anilines is 1. The molecule has 116 valence electrons. The molecule has 0 bridgehead atoms. The van der Waals surface area contributed by atoms with Gasteiger partial charge in [-0.15, -0.1) is 0 Å². The number of sulfonamides is 1. The average Bonchev–Trinajstić information content (AvgIpc) is 2.36. The van der Waals surface area contributed by atoms with E-state index in [9.17, 15) is 13.2 Å². The third-order valence-corrected chi connectivity index (χ3v) is 4.33. The van der Waals surface area contributed by atoms with Gasteiger partial charge in [-0.1, -0.05) is 11.6 Å². The van der Waals surface area contributed by atoms with Crippen LogP contribution in [0.3, 0.4) is 0 Å². The number of nitrogens with zero attached hydrogens (tertiary/aromatic N) is 1. The molecular formula is C13H18ClN3O3S. The lowest BCUT2D eigenvalue weighted by molar-refractivity contribution is 0.0704. The van der Waals surface area contributed by atoms with Crippen molar-refractivity contribution in [1.82, 2.24) is 9.62 Å². The van der Waals surface area contributed by atoms with Crippen molar-refractivity contribution < 1.29 is 13.2 Å². The molecule has 1 fully saturated rings. The first-order chi connectivity index (χ1) is 9.76. The monoisotopic (exact) mass is 331 g/mol. The number of nitrogens with one attached hydrogen (secondary N) is 1. The smallest absolute Gasteiger partial charge is 0.255 e. The Hall–Kier alpha value is -1.31. The van der Waals surface area contributed by atoms with Crippen molar-refractivity contribution in [2.75, 3.05) is 25.1 Å². The lowest BCUT2D eigenvalue weighted by atomic mass is 10.0. The molecule has 0 radical (unpaired) electrons. The van der Waals surface area contributed by atoms with Crippen LogP contribution in [0.15, 0.2) is 18.2 Å². The zero-order valence-electron chi connectivity index (χ0n) is 11.7. The lowest BCUT2D eigenvalue weighted by Crippen LogP contribution is -2.49. The number of halogens is 1. The number of amides is 1. The van der Waals surface area contributed by atoms with Gasteiger partial charge in [0, 0.05) is 29.8 Å². The third kappa shape index (κ3) is 4.33. The zero-order valence-corrected chi connectivity index (χ0v) is 13.2. The highest BCUT2D eigenvalue weighted by Crippen LogP contribution is 2.21. The fraction of sp³-hybridized carbons (Fsp3) is 0.462. The molecule has 1 aromatic rings. The van der Waals surface area contributed by atoms with E-state index in [2.05, 4.69) is 4.72 Å². The summed E-state index contributed by atoms with van der Waals surface area (Å²) < 4.78 is 25.1. The van der Waals surface area contributed by atoms with E-state index in [-0.39, 0.29) is 11.9 Å². The van der Waals surface area contributed by atoms with Crippen LogP contribution in [0, 0.1) is 0 Å². The summed E-state index contributed by atoms with van der Waals surface area (Å²) in [5.74, 6) is -0.204. The summed E-state index contributed by atoms with van der Waals surface area (Å²) in [6.07, 6.45) is 2.57. The van der Waals surface area contributed by atoms with E-state index in [1.165, 1.54) is 6.07 Å². The Morgan fingerprint density at radius 1 is 1.48 bits per heavy atom. The maximum atomic E-state index is 12.5. The van der Waals surface area contributed by atoms with Crippen LogP contribution in [0.1, 0.15) is 23.2 Å². The largest absolute Gasteiger partial charge is 0.398 e. The Labute approximate surface area is 129 Å². The molecule has 3 N–H and O–H groups in total. The van der Waals surface area contributed by atoms with Gasteiger partial charge in [0.1, 0.15) is 0 Å². The van der Waals surface area contributed by atoms with Crippen LogP contribution in [0.2, 0.25) is 5.02 Å².